The van der Waals surface area contributed by atoms with Crippen LogP contribution in [0.3, 0.4) is 0 Å². The molecule has 0 aromatic heterocycles. The highest BCUT2D eigenvalue weighted by Gasteiger charge is 2.18. The Morgan fingerprint density at radius 2 is 2.08 bits per heavy atom. The van der Waals surface area contributed by atoms with E-state index < -0.39 is 6.04 Å². The number of rotatable bonds is 5. The zero-order chi connectivity index (χ0) is 10.4. The molecule has 0 aliphatic carbocycles. The van der Waals surface area contributed by atoms with Crippen molar-refractivity contribution >= 4 is 5.91 Å². The first kappa shape index (κ1) is 12.4. The predicted octanol–water partition coefficient (Wildman–Crippen LogP) is -0.189. The van der Waals surface area contributed by atoms with Crippen LogP contribution in [-0.2, 0) is 4.79 Å². The van der Waals surface area contributed by atoms with Crippen molar-refractivity contribution in [2.45, 2.75) is 26.3 Å². The lowest BCUT2D eigenvalue weighted by atomic mass is 10.0. The number of aliphatic hydroxyl groups excluding tert-OH is 1. The van der Waals surface area contributed by atoms with E-state index in [2.05, 4.69) is 0 Å². The molecule has 0 saturated carbocycles. The molecule has 0 aliphatic heterocycles. The SMILES string of the molecule is CC(C)CC(N)C(=O)N(C)CCO. The van der Waals surface area contributed by atoms with E-state index in [-0.39, 0.29) is 12.5 Å². The number of nitrogens with two attached hydrogens (primary N) is 1. The first-order valence-corrected chi connectivity index (χ1v) is 4.60. The third-order valence-electron chi connectivity index (χ3n) is 1.85. The van der Waals surface area contributed by atoms with Crippen molar-refractivity contribution in [2.24, 2.45) is 11.7 Å². The molecule has 0 aromatic carbocycles. The fraction of sp³-hybridized carbons (Fsp3) is 0.889. The summed E-state index contributed by atoms with van der Waals surface area (Å²) in [4.78, 5) is 12.9. The van der Waals surface area contributed by atoms with Gasteiger partial charge in [-0.15, -0.1) is 0 Å². The first-order chi connectivity index (χ1) is 5.99. The van der Waals surface area contributed by atoms with Gasteiger partial charge in [0.15, 0.2) is 0 Å². The lowest BCUT2D eigenvalue weighted by Crippen LogP contribution is -2.43. The van der Waals surface area contributed by atoms with Gasteiger partial charge in [-0.05, 0) is 12.3 Å². The minimum absolute atomic E-state index is 0.0172. The van der Waals surface area contributed by atoms with E-state index in [9.17, 15) is 4.79 Å². The maximum absolute atomic E-state index is 11.5. The summed E-state index contributed by atoms with van der Waals surface area (Å²) >= 11 is 0. The molecular formula is C9H20N2O2. The van der Waals surface area contributed by atoms with E-state index in [1.807, 2.05) is 13.8 Å². The van der Waals surface area contributed by atoms with Crippen molar-refractivity contribution in [3.8, 4) is 0 Å². The van der Waals surface area contributed by atoms with Gasteiger partial charge >= 0.3 is 0 Å². The van der Waals surface area contributed by atoms with Gasteiger partial charge in [-0.25, -0.2) is 0 Å². The fourth-order valence-electron chi connectivity index (χ4n) is 1.15. The van der Waals surface area contributed by atoms with Gasteiger partial charge in [-0.3, -0.25) is 4.79 Å². The standard InChI is InChI=1S/C9H20N2O2/c1-7(2)6-8(10)9(13)11(3)4-5-12/h7-8,12H,4-6,10H2,1-3H3. The Kier molecular flexibility index (Phi) is 5.66. The fourth-order valence-corrected chi connectivity index (χ4v) is 1.15. The van der Waals surface area contributed by atoms with E-state index in [4.69, 9.17) is 10.8 Å². The second-order valence-electron chi connectivity index (χ2n) is 3.72. The van der Waals surface area contributed by atoms with Gasteiger partial charge in [0.05, 0.1) is 12.6 Å². The van der Waals surface area contributed by atoms with Crippen LogP contribution in [0.25, 0.3) is 0 Å². The average Bonchev–Trinajstić information content (AvgIpc) is 2.02. The molecule has 0 radical (unpaired) electrons. The summed E-state index contributed by atoms with van der Waals surface area (Å²) in [6.45, 7) is 4.39. The van der Waals surface area contributed by atoms with Crippen LogP contribution in [0.4, 0.5) is 0 Å². The van der Waals surface area contributed by atoms with E-state index in [1.165, 1.54) is 4.90 Å². The molecule has 0 aromatic rings. The number of nitrogens with zero attached hydrogens (tertiary/aromatic N) is 1. The number of carbonyl (C=O) groups excluding carboxylic acids is 1. The molecular weight excluding hydrogens is 168 g/mol. The summed E-state index contributed by atoms with van der Waals surface area (Å²) in [5.41, 5.74) is 5.68. The number of aliphatic hydroxyl groups is 1. The van der Waals surface area contributed by atoms with Gasteiger partial charge < -0.3 is 15.7 Å². The predicted molar refractivity (Wildman–Crippen MR) is 52.2 cm³/mol. The third-order valence-corrected chi connectivity index (χ3v) is 1.85. The molecule has 4 nitrogen and oxygen atoms in total. The van der Waals surface area contributed by atoms with Gasteiger partial charge in [0, 0.05) is 13.6 Å². The highest BCUT2D eigenvalue weighted by atomic mass is 16.3. The number of likely N-dealkylation sites (N-methyl/N-ethyl adjacent to an activating group) is 1. The summed E-state index contributed by atoms with van der Waals surface area (Å²) in [6, 6.07) is -0.434. The number of amides is 1. The lowest BCUT2D eigenvalue weighted by molar-refractivity contribution is -0.132. The highest BCUT2D eigenvalue weighted by Crippen LogP contribution is 2.04. The van der Waals surface area contributed by atoms with Crippen molar-refractivity contribution < 1.29 is 9.90 Å². The number of hydrogen-bond donors (Lipinski definition) is 2. The second kappa shape index (κ2) is 5.94. The normalized spacial score (nSPS) is 13.1. The maximum Gasteiger partial charge on any atom is 0.239 e. The van der Waals surface area contributed by atoms with Crippen LogP contribution in [-0.4, -0.2) is 42.2 Å². The highest BCUT2D eigenvalue weighted by molar-refractivity contribution is 5.81. The first-order valence-electron chi connectivity index (χ1n) is 4.60. The summed E-state index contributed by atoms with van der Waals surface area (Å²) < 4.78 is 0. The molecule has 3 N–H and O–H groups in total. The van der Waals surface area contributed by atoms with Crippen molar-refractivity contribution in [3.63, 3.8) is 0 Å². The summed E-state index contributed by atoms with van der Waals surface area (Å²) in [5.74, 6) is 0.323. The minimum atomic E-state index is -0.434. The Morgan fingerprint density at radius 1 is 1.54 bits per heavy atom. The van der Waals surface area contributed by atoms with Crippen LogP contribution >= 0.6 is 0 Å². The van der Waals surface area contributed by atoms with Crippen LogP contribution in [0.5, 0.6) is 0 Å². The van der Waals surface area contributed by atoms with Gasteiger partial charge in [0.1, 0.15) is 0 Å². The molecule has 0 fully saturated rings. The van der Waals surface area contributed by atoms with Crippen LogP contribution in [0.2, 0.25) is 0 Å². The zero-order valence-corrected chi connectivity index (χ0v) is 8.66. The Bertz CT molecular complexity index is 160. The third kappa shape index (κ3) is 4.85. The number of carbonyl (C=O) groups is 1. The molecule has 0 rings (SSSR count). The molecule has 1 unspecified atom stereocenters. The topological polar surface area (TPSA) is 66.6 Å². The van der Waals surface area contributed by atoms with Gasteiger partial charge in [-0.1, -0.05) is 13.8 Å². The van der Waals surface area contributed by atoms with Gasteiger partial charge in [0.25, 0.3) is 0 Å². The Hall–Kier alpha value is -0.610. The molecule has 0 heterocycles. The lowest BCUT2D eigenvalue weighted by Gasteiger charge is -2.21. The Morgan fingerprint density at radius 3 is 2.46 bits per heavy atom. The van der Waals surface area contributed by atoms with E-state index in [1.54, 1.807) is 7.05 Å². The van der Waals surface area contributed by atoms with Crippen molar-refractivity contribution in [1.82, 2.24) is 4.90 Å². The monoisotopic (exact) mass is 188 g/mol. The molecule has 0 saturated heterocycles. The molecule has 1 atom stereocenters. The molecule has 0 aliphatic rings. The summed E-state index contributed by atoms with van der Waals surface area (Å²) in [5, 5.41) is 8.61. The minimum Gasteiger partial charge on any atom is -0.395 e. The van der Waals surface area contributed by atoms with E-state index in [0.29, 0.717) is 18.9 Å². The maximum atomic E-state index is 11.5. The largest absolute Gasteiger partial charge is 0.395 e. The molecule has 78 valence electrons. The zero-order valence-electron chi connectivity index (χ0n) is 8.66. The van der Waals surface area contributed by atoms with Crippen molar-refractivity contribution in [1.29, 1.82) is 0 Å². The molecule has 13 heavy (non-hydrogen) atoms. The molecule has 1 amide bonds. The Labute approximate surface area is 79.7 Å². The van der Waals surface area contributed by atoms with Crippen LogP contribution < -0.4 is 5.73 Å². The van der Waals surface area contributed by atoms with Crippen molar-refractivity contribution in [3.05, 3.63) is 0 Å². The van der Waals surface area contributed by atoms with Gasteiger partial charge in [0.2, 0.25) is 5.91 Å². The molecule has 4 heteroatoms. The Balaban J connectivity index is 3.94. The smallest absolute Gasteiger partial charge is 0.239 e. The van der Waals surface area contributed by atoms with Crippen molar-refractivity contribution in [2.75, 3.05) is 20.2 Å². The second-order valence-corrected chi connectivity index (χ2v) is 3.72. The summed E-state index contributed by atoms with van der Waals surface area (Å²) in [7, 11) is 1.65. The van der Waals surface area contributed by atoms with Crippen LogP contribution in [0.1, 0.15) is 20.3 Å². The quantitative estimate of drug-likeness (QED) is 0.628. The summed E-state index contributed by atoms with van der Waals surface area (Å²) in [6.07, 6.45) is 0.689. The van der Waals surface area contributed by atoms with Crippen LogP contribution in [0.15, 0.2) is 0 Å². The number of hydrogen-bond acceptors (Lipinski definition) is 3. The van der Waals surface area contributed by atoms with Crippen LogP contribution in [0, 0.1) is 5.92 Å². The molecule has 0 spiro atoms. The average molecular weight is 188 g/mol. The molecule has 0 bridgehead atoms. The van der Waals surface area contributed by atoms with E-state index in [0.717, 1.165) is 0 Å². The van der Waals surface area contributed by atoms with Gasteiger partial charge in [-0.2, -0.15) is 0 Å². The van der Waals surface area contributed by atoms with E-state index >= 15 is 0 Å².